The second-order valence-electron chi connectivity index (χ2n) is 6.48. The molecule has 0 atom stereocenters. The highest BCUT2D eigenvalue weighted by atomic mass is 79.9. The number of amides is 1. The van der Waals surface area contributed by atoms with Crippen LogP contribution in [0.15, 0.2) is 64.9 Å². The van der Waals surface area contributed by atoms with Gasteiger partial charge >= 0.3 is 5.97 Å². The molecule has 0 spiro atoms. The van der Waals surface area contributed by atoms with Crippen molar-refractivity contribution in [1.29, 1.82) is 0 Å². The van der Waals surface area contributed by atoms with Crippen molar-refractivity contribution in [2.24, 2.45) is 0 Å². The van der Waals surface area contributed by atoms with E-state index in [1.807, 2.05) is 12.1 Å². The molecule has 6 nitrogen and oxygen atoms in total. The SMILES string of the molecule is O=C1C=C(NC(=O)C(=O)c2cn(Cc3cc(F)ccc3Br)c3ccccc23)CO1. The first-order chi connectivity index (χ1) is 13.9. The predicted octanol–water partition coefficient (Wildman–Crippen LogP) is 3.33. The number of benzene rings is 2. The molecule has 3 aromatic rings. The number of nitrogens with zero attached hydrogens (tertiary/aromatic N) is 1. The molecule has 0 saturated carbocycles. The van der Waals surface area contributed by atoms with E-state index in [0.29, 0.717) is 17.5 Å². The minimum absolute atomic E-state index is 0.0762. The van der Waals surface area contributed by atoms with E-state index in [2.05, 4.69) is 21.2 Å². The van der Waals surface area contributed by atoms with Gasteiger partial charge in [-0.25, -0.2) is 9.18 Å². The van der Waals surface area contributed by atoms with Gasteiger partial charge in [-0.1, -0.05) is 34.1 Å². The summed E-state index contributed by atoms with van der Waals surface area (Å²) in [5.41, 5.74) is 1.89. The number of fused-ring (bicyclic) bond motifs is 1. The molecule has 0 saturated heterocycles. The molecular weight excluding hydrogens is 443 g/mol. The quantitative estimate of drug-likeness (QED) is 0.362. The van der Waals surface area contributed by atoms with E-state index in [9.17, 15) is 18.8 Å². The standard InChI is InChI=1S/C21H14BrFN2O4/c22-17-6-5-13(23)7-12(17)9-25-10-16(15-3-1-2-4-18(15)25)20(27)21(28)24-14-8-19(26)29-11-14/h1-8,10H,9,11H2,(H,24,28). The minimum atomic E-state index is -0.857. The molecule has 1 aliphatic rings. The number of ether oxygens (including phenoxy) is 1. The third kappa shape index (κ3) is 3.84. The van der Waals surface area contributed by atoms with Gasteiger partial charge in [0.05, 0.1) is 11.3 Å². The molecule has 146 valence electrons. The Morgan fingerprint density at radius 2 is 2.00 bits per heavy atom. The van der Waals surface area contributed by atoms with Gasteiger partial charge in [0.2, 0.25) is 0 Å². The number of Topliss-reactive ketones (excluding diaryl/α,β-unsaturated/α-hetero) is 1. The highest BCUT2D eigenvalue weighted by Crippen LogP contribution is 2.25. The maximum Gasteiger partial charge on any atom is 0.333 e. The number of nitrogens with one attached hydrogen (secondary N) is 1. The number of esters is 1. The molecule has 0 radical (unpaired) electrons. The summed E-state index contributed by atoms with van der Waals surface area (Å²) in [6, 6.07) is 11.5. The molecule has 0 bridgehead atoms. The number of carbonyl (C=O) groups excluding carboxylic acids is 3. The van der Waals surface area contributed by atoms with E-state index in [-0.39, 0.29) is 23.7 Å². The zero-order chi connectivity index (χ0) is 20.5. The number of cyclic esters (lactones) is 1. The van der Waals surface area contributed by atoms with E-state index >= 15 is 0 Å². The van der Waals surface area contributed by atoms with Gasteiger partial charge in [0.1, 0.15) is 12.4 Å². The van der Waals surface area contributed by atoms with Crippen molar-refractivity contribution in [3.05, 3.63) is 81.9 Å². The Morgan fingerprint density at radius 3 is 2.76 bits per heavy atom. The summed E-state index contributed by atoms with van der Waals surface area (Å²) in [6.45, 7) is 0.231. The van der Waals surface area contributed by atoms with Crippen molar-refractivity contribution in [2.75, 3.05) is 6.61 Å². The van der Waals surface area contributed by atoms with Gasteiger partial charge in [-0.2, -0.15) is 0 Å². The van der Waals surface area contributed by atoms with Crippen molar-refractivity contribution in [3.8, 4) is 0 Å². The molecule has 0 unspecified atom stereocenters. The summed E-state index contributed by atoms with van der Waals surface area (Å²) in [6.07, 6.45) is 2.71. The number of carbonyl (C=O) groups is 3. The lowest BCUT2D eigenvalue weighted by molar-refractivity contribution is -0.135. The van der Waals surface area contributed by atoms with E-state index in [0.717, 1.165) is 16.1 Å². The first-order valence-corrected chi connectivity index (χ1v) is 9.46. The molecule has 1 amide bonds. The van der Waals surface area contributed by atoms with Crippen LogP contribution in [0.1, 0.15) is 15.9 Å². The first kappa shape index (κ1) is 19.1. The molecule has 1 aromatic heterocycles. The molecule has 1 aliphatic heterocycles. The van der Waals surface area contributed by atoms with E-state index in [1.165, 1.54) is 12.1 Å². The second-order valence-corrected chi connectivity index (χ2v) is 7.34. The molecule has 29 heavy (non-hydrogen) atoms. The van der Waals surface area contributed by atoms with Crippen LogP contribution in [0.2, 0.25) is 0 Å². The van der Waals surface area contributed by atoms with Gasteiger partial charge in [0.25, 0.3) is 11.7 Å². The molecule has 0 fully saturated rings. The normalized spacial score (nSPS) is 13.3. The number of rotatable bonds is 5. The summed E-state index contributed by atoms with van der Waals surface area (Å²) >= 11 is 3.41. The second kappa shape index (κ2) is 7.63. The van der Waals surface area contributed by atoms with Crippen molar-refractivity contribution >= 4 is 44.5 Å². The van der Waals surface area contributed by atoms with Crippen LogP contribution in [0, 0.1) is 5.82 Å². The Balaban J connectivity index is 1.67. The average Bonchev–Trinajstić information content (AvgIpc) is 3.28. The Hall–Kier alpha value is -3.26. The highest BCUT2D eigenvalue weighted by molar-refractivity contribution is 9.10. The Labute approximate surface area is 173 Å². The third-order valence-corrected chi connectivity index (χ3v) is 5.30. The monoisotopic (exact) mass is 456 g/mol. The van der Waals surface area contributed by atoms with Gasteiger partial charge in [-0.3, -0.25) is 9.59 Å². The Bertz CT molecular complexity index is 1200. The molecule has 0 aliphatic carbocycles. The molecule has 2 aromatic carbocycles. The Morgan fingerprint density at radius 1 is 1.21 bits per heavy atom. The largest absolute Gasteiger partial charge is 0.456 e. The average molecular weight is 457 g/mol. The summed E-state index contributed by atoms with van der Waals surface area (Å²) in [4.78, 5) is 36.3. The van der Waals surface area contributed by atoms with Crippen LogP contribution in [0.5, 0.6) is 0 Å². The fraction of sp³-hybridized carbons (Fsp3) is 0.0952. The minimum Gasteiger partial charge on any atom is -0.456 e. The van der Waals surface area contributed by atoms with Crippen molar-refractivity contribution in [3.63, 3.8) is 0 Å². The van der Waals surface area contributed by atoms with Crippen LogP contribution >= 0.6 is 15.9 Å². The van der Waals surface area contributed by atoms with Crippen LogP contribution in [-0.4, -0.2) is 28.8 Å². The lowest BCUT2D eigenvalue weighted by atomic mass is 10.1. The van der Waals surface area contributed by atoms with Gasteiger partial charge in [0, 0.05) is 34.2 Å². The molecule has 1 N–H and O–H groups in total. The van der Waals surface area contributed by atoms with Crippen LogP contribution in [-0.2, 0) is 20.9 Å². The third-order valence-electron chi connectivity index (χ3n) is 4.52. The van der Waals surface area contributed by atoms with Crippen molar-refractivity contribution < 1.29 is 23.5 Å². The van der Waals surface area contributed by atoms with Crippen molar-refractivity contribution in [1.82, 2.24) is 9.88 Å². The lowest BCUT2D eigenvalue weighted by Crippen LogP contribution is -2.31. The summed E-state index contributed by atoms with van der Waals surface area (Å²) in [5.74, 6) is -2.52. The number of para-hydroxylation sites is 1. The topological polar surface area (TPSA) is 77.4 Å². The highest BCUT2D eigenvalue weighted by Gasteiger charge is 2.24. The Kier molecular flexibility index (Phi) is 5.02. The van der Waals surface area contributed by atoms with Gasteiger partial charge in [-0.05, 0) is 29.8 Å². The van der Waals surface area contributed by atoms with Gasteiger partial charge < -0.3 is 14.6 Å². The van der Waals surface area contributed by atoms with Crippen LogP contribution in [0.25, 0.3) is 10.9 Å². The number of aromatic nitrogens is 1. The molecule has 4 rings (SSSR count). The fourth-order valence-electron chi connectivity index (χ4n) is 3.18. The smallest absolute Gasteiger partial charge is 0.333 e. The number of hydrogen-bond acceptors (Lipinski definition) is 4. The summed E-state index contributed by atoms with van der Waals surface area (Å²) in [7, 11) is 0. The van der Waals surface area contributed by atoms with Crippen molar-refractivity contribution in [2.45, 2.75) is 6.54 Å². The van der Waals surface area contributed by atoms with E-state index < -0.39 is 17.7 Å². The maximum absolute atomic E-state index is 13.6. The number of hydrogen-bond donors (Lipinski definition) is 1. The lowest BCUT2D eigenvalue weighted by Gasteiger charge is -2.08. The van der Waals surface area contributed by atoms with Crippen LogP contribution in [0.3, 0.4) is 0 Å². The number of ketones is 1. The van der Waals surface area contributed by atoms with Crippen LogP contribution in [0.4, 0.5) is 4.39 Å². The predicted molar refractivity (Wildman–Crippen MR) is 107 cm³/mol. The first-order valence-electron chi connectivity index (χ1n) is 8.67. The molecule has 2 heterocycles. The zero-order valence-electron chi connectivity index (χ0n) is 14.9. The van der Waals surface area contributed by atoms with E-state index in [4.69, 9.17) is 4.74 Å². The summed E-state index contributed by atoms with van der Waals surface area (Å²) < 4.78 is 20.9. The molecule has 8 heteroatoms. The molecular formula is C21H14BrFN2O4. The fourth-order valence-corrected chi connectivity index (χ4v) is 3.55. The van der Waals surface area contributed by atoms with Gasteiger partial charge in [-0.15, -0.1) is 0 Å². The van der Waals surface area contributed by atoms with Gasteiger partial charge in [0.15, 0.2) is 0 Å². The van der Waals surface area contributed by atoms with Crippen LogP contribution < -0.4 is 5.32 Å². The zero-order valence-corrected chi connectivity index (χ0v) is 16.5. The maximum atomic E-state index is 13.6. The summed E-state index contributed by atoms with van der Waals surface area (Å²) in [5, 5.41) is 3.01. The van der Waals surface area contributed by atoms with E-state index in [1.54, 1.807) is 29.0 Å². The number of halogens is 2.